The van der Waals surface area contributed by atoms with Gasteiger partial charge in [0.1, 0.15) is 0 Å². The van der Waals surface area contributed by atoms with Crippen LogP contribution in [0.25, 0.3) is 103 Å². The fourth-order valence-electron chi connectivity index (χ4n) is 12.8. The highest BCUT2D eigenvalue weighted by Crippen LogP contribution is 2.58. The van der Waals surface area contributed by atoms with Crippen LogP contribution in [0.1, 0.15) is 54.1 Å². The molecule has 3 aliphatic carbocycles. The number of thiophene rings is 1. The Kier molecular flexibility index (Phi) is 8.86. The Bertz CT molecular complexity index is 4240. The molecule has 3 heterocycles. The molecule has 0 N–H and O–H groups in total. The van der Waals surface area contributed by atoms with E-state index in [1.54, 1.807) is 0 Å². The number of fused-ring (bicyclic) bond motifs is 14. The van der Waals surface area contributed by atoms with Gasteiger partial charge in [0.05, 0.1) is 27.2 Å². The third kappa shape index (κ3) is 6.03. The molecule has 3 heteroatoms. The molecule has 3 atom stereocenters. The van der Waals surface area contributed by atoms with Gasteiger partial charge in [-0.2, -0.15) is 0 Å². The van der Waals surface area contributed by atoms with Gasteiger partial charge in [-0.05, 0) is 137 Å². The normalized spacial score (nSPS) is 18.0. The first-order valence-electron chi connectivity index (χ1n) is 25.2. The number of rotatable bonds is 5. The maximum atomic E-state index is 5.67. The highest BCUT2D eigenvalue weighted by atomic mass is 32.1. The second kappa shape index (κ2) is 15.4. The number of allylic oxidation sites excluding steroid dienone is 4. The number of hydrogen-bond acceptors (Lipinski definition) is 2. The molecular weight excluding hydrogens is 877 g/mol. The summed E-state index contributed by atoms with van der Waals surface area (Å²) < 4.78 is 5.06. The third-order valence-corrected chi connectivity index (χ3v) is 17.3. The van der Waals surface area contributed by atoms with Gasteiger partial charge in [-0.1, -0.05) is 202 Å². The Labute approximate surface area is 417 Å². The number of nitrogens with zero attached hydrogens (tertiary/aromatic N) is 2. The number of hydrogen-bond donors (Lipinski definition) is 0. The van der Waals surface area contributed by atoms with E-state index in [1.165, 1.54) is 125 Å². The third-order valence-electron chi connectivity index (χ3n) is 16.1. The van der Waals surface area contributed by atoms with Gasteiger partial charge in [0.25, 0.3) is 0 Å². The predicted molar refractivity (Wildman–Crippen MR) is 300 cm³/mol. The molecule has 0 fully saturated rings. The summed E-state index contributed by atoms with van der Waals surface area (Å²) in [5.41, 5.74) is 21.0. The van der Waals surface area contributed by atoms with Crippen molar-refractivity contribution in [3.8, 4) is 55.9 Å². The first kappa shape index (κ1) is 40.7. The van der Waals surface area contributed by atoms with E-state index < -0.39 is 0 Å². The summed E-state index contributed by atoms with van der Waals surface area (Å²) in [4.78, 5) is 5.67. The first-order valence-corrected chi connectivity index (χ1v) is 26.0. The molecule has 3 unspecified atom stereocenters. The minimum Gasteiger partial charge on any atom is -0.295 e. The highest BCUT2D eigenvalue weighted by Gasteiger charge is 2.47. The predicted octanol–water partition coefficient (Wildman–Crippen LogP) is 18.2. The fourth-order valence-corrected chi connectivity index (χ4v) is 14.0. The lowest BCUT2D eigenvalue weighted by molar-refractivity contribution is 0.683. The molecule has 0 radical (unpaired) electrons. The summed E-state index contributed by atoms with van der Waals surface area (Å²) in [5.74, 6) is 0.780. The van der Waals surface area contributed by atoms with E-state index in [-0.39, 0.29) is 5.41 Å². The maximum Gasteiger partial charge on any atom is 0.156 e. The molecule has 71 heavy (non-hydrogen) atoms. The maximum absolute atomic E-state index is 5.67. The Morgan fingerprint density at radius 1 is 0.535 bits per heavy atom. The monoisotopic (exact) mass is 924 g/mol. The van der Waals surface area contributed by atoms with Crippen molar-refractivity contribution in [2.24, 2.45) is 5.92 Å². The molecule has 0 saturated heterocycles. The second-order valence-corrected chi connectivity index (χ2v) is 21.4. The zero-order valence-electron chi connectivity index (χ0n) is 39.7. The van der Waals surface area contributed by atoms with Crippen molar-refractivity contribution < 1.29 is 0 Å². The smallest absolute Gasteiger partial charge is 0.156 e. The van der Waals surface area contributed by atoms with E-state index in [2.05, 4.69) is 237 Å². The topological polar surface area (TPSA) is 17.3 Å². The van der Waals surface area contributed by atoms with Crippen LogP contribution in [-0.4, -0.2) is 9.38 Å². The zero-order valence-corrected chi connectivity index (χ0v) is 40.5. The van der Waals surface area contributed by atoms with E-state index >= 15 is 0 Å². The van der Waals surface area contributed by atoms with Gasteiger partial charge in [-0.3, -0.25) is 4.40 Å². The van der Waals surface area contributed by atoms with Crippen molar-refractivity contribution in [2.45, 2.75) is 38.0 Å². The van der Waals surface area contributed by atoms with Crippen LogP contribution in [0.4, 0.5) is 0 Å². The van der Waals surface area contributed by atoms with Crippen molar-refractivity contribution in [3.63, 3.8) is 0 Å². The molecule has 15 rings (SSSR count). The molecule has 9 aromatic carbocycles. The second-order valence-electron chi connectivity index (χ2n) is 20.4. The van der Waals surface area contributed by atoms with Crippen LogP contribution in [0.5, 0.6) is 0 Å². The van der Waals surface area contributed by atoms with Gasteiger partial charge >= 0.3 is 0 Å². The quantitative estimate of drug-likeness (QED) is 0.168. The summed E-state index contributed by atoms with van der Waals surface area (Å²) in [6, 6.07) is 75.3. The molecule has 0 bridgehead atoms. The number of pyridine rings is 1. The molecule has 0 aliphatic heterocycles. The molecule has 0 amide bonds. The zero-order chi connectivity index (χ0) is 47.0. The van der Waals surface area contributed by atoms with Gasteiger partial charge in [0, 0.05) is 27.0 Å². The fraction of sp³-hybridized carbons (Fsp3) is 0.103. The van der Waals surface area contributed by atoms with Crippen LogP contribution in [0.15, 0.2) is 224 Å². The number of benzene rings is 9. The van der Waals surface area contributed by atoms with Crippen molar-refractivity contribution in [2.75, 3.05) is 0 Å². The van der Waals surface area contributed by atoms with E-state index in [1.807, 2.05) is 11.3 Å². The lowest BCUT2D eigenvalue weighted by Crippen LogP contribution is -2.30. The standard InChI is InChI=1S/C68H48N2S/c1-41-13-12-20-54(33-41)68(53-18-4-3-5-19-53)60-22-11-10-21-55(60)57-37-51(31-32-61(57)68)45-25-23-43(24-26-45)44-27-29-46(30-28-44)62-40-59-58-38-49-16-8-9-17-50(49)39-63(58)71-66(59)67-69-64-56-36-48-15-7-6-14-47(48)35-52(56)34-42(2)65(64)70(62)67/h3-12,14-33,35-42H,13,34H2,1-2H3. The molecule has 3 aliphatic rings. The van der Waals surface area contributed by atoms with E-state index in [0.29, 0.717) is 11.8 Å². The van der Waals surface area contributed by atoms with Crippen LogP contribution >= 0.6 is 11.3 Å². The Morgan fingerprint density at radius 3 is 1.90 bits per heavy atom. The van der Waals surface area contributed by atoms with Crippen molar-refractivity contribution >= 4 is 58.7 Å². The Morgan fingerprint density at radius 2 is 1.15 bits per heavy atom. The summed E-state index contributed by atoms with van der Waals surface area (Å²) in [5, 5.41) is 7.65. The largest absolute Gasteiger partial charge is 0.295 e. The molecule has 2 nitrogen and oxygen atoms in total. The number of aromatic nitrogens is 2. The minimum absolute atomic E-state index is 0.293. The van der Waals surface area contributed by atoms with Crippen LogP contribution in [0, 0.1) is 5.92 Å². The molecule has 0 spiro atoms. The van der Waals surface area contributed by atoms with Crippen LogP contribution in [0.3, 0.4) is 0 Å². The minimum atomic E-state index is -0.368. The number of imidazole rings is 1. The molecule has 12 aromatic rings. The van der Waals surface area contributed by atoms with Gasteiger partial charge in [-0.25, -0.2) is 4.98 Å². The van der Waals surface area contributed by atoms with Crippen LogP contribution in [0.2, 0.25) is 0 Å². The molecule has 3 aromatic heterocycles. The van der Waals surface area contributed by atoms with E-state index in [4.69, 9.17) is 4.98 Å². The molecule has 0 saturated carbocycles. The van der Waals surface area contributed by atoms with Crippen molar-refractivity contribution in [1.29, 1.82) is 0 Å². The molecule has 336 valence electrons. The average molecular weight is 925 g/mol. The van der Waals surface area contributed by atoms with Crippen LogP contribution < -0.4 is 0 Å². The van der Waals surface area contributed by atoms with Gasteiger partial charge in [0.15, 0.2) is 5.65 Å². The van der Waals surface area contributed by atoms with Crippen molar-refractivity contribution in [1.82, 2.24) is 9.38 Å². The lowest BCUT2D eigenvalue weighted by Gasteiger charge is -2.36. The van der Waals surface area contributed by atoms with Crippen molar-refractivity contribution in [3.05, 3.63) is 252 Å². The summed E-state index contributed by atoms with van der Waals surface area (Å²) >= 11 is 1.88. The summed E-state index contributed by atoms with van der Waals surface area (Å²) in [6.45, 7) is 4.72. The SMILES string of the molecule is CC1C=C(C2(c3ccccc3)c3ccccc3-c3cc(-c4ccc(-c5ccc(-c6cc7c8cc9ccccc9cc8sc7c7nc8c(n67)C(C)Cc6cc7ccccc7cc6-8)cc5)cc4)ccc32)C=CC1. The average Bonchev–Trinajstić information content (AvgIpc) is 4.09. The van der Waals surface area contributed by atoms with E-state index in [0.717, 1.165) is 24.2 Å². The molecular formula is C68H48N2S. The Balaban J connectivity index is 0.830. The van der Waals surface area contributed by atoms with E-state index in [9.17, 15) is 0 Å². The van der Waals surface area contributed by atoms with Gasteiger partial charge < -0.3 is 0 Å². The summed E-state index contributed by atoms with van der Waals surface area (Å²) in [6.07, 6.45) is 9.32. The van der Waals surface area contributed by atoms with Gasteiger partial charge in [0.2, 0.25) is 0 Å². The highest BCUT2D eigenvalue weighted by molar-refractivity contribution is 7.26. The van der Waals surface area contributed by atoms with Gasteiger partial charge in [-0.15, -0.1) is 11.3 Å². The van der Waals surface area contributed by atoms with Crippen LogP contribution in [-0.2, 0) is 11.8 Å². The Hall–Kier alpha value is -8.11. The lowest BCUT2D eigenvalue weighted by atomic mass is 9.65. The first-order chi connectivity index (χ1) is 35.0. The summed E-state index contributed by atoms with van der Waals surface area (Å²) in [7, 11) is 0.